The Hall–Kier alpha value is -1.39. The van der Waals surface area contributed by atoms with Gasteiger partial charge in [-0.25, -0.2) is 4.98 Å². The van der Waals surface area contributed by atoms with E-state index in [1.807, 2.05) is 24.3 Å². The van der Waals surface area contributed by atoms with Crippen LogP contribution in [0, 0.1) is 5.92 Å². The molecule has 25 heavy (non-hydrogen) atoms. The number of benzene rings is 1. The molecule has 2 aromatic rings. The van der Waals surface area contributed by atoms with E-state index in [4.69, 9.17) is 9.15 Å². The van der Waals surface area contributed by atoms with Crippen LogP contribution in [0.4, 0.5) is 0 Å². The number of para-hydroxylation sites is 2. The van der Waals surface area contributed by atoms with Crippen LogP contribution in [-0.4, -0.2) is 42.2 Å². The molecule has 0 bridgehead atoms. The Bertz CT molecular complexity index is 642. The number of likely N-dealkylation sites (tertiary alicyclic amines) is 1. The first-order valence-corrected chi connectivity index (χ1v) is 9.99. The standard InChI is InChI=1S/C21H30N2O2/c1-16-6-2-4-8-19(16)24-15-14-23-12-10-17(11-13-23)21-22-18-7-3-5-9-20(18)25-21/h3,5,7,9,16-17,19H,2,4,6,8,10-15H2,1H3/t16-,19+/m0/s1. The molecule has 0 spiro atoms. The molecule has 1 saturated heterocycles. The Labute approximate surface area is 150 Å². The minimum absolute atomic E-state index is 0.461. The average molecular weight is 342 g/mol. The maximum atomic E-state index is 6.18. The second-order valence-corrected chi connectivity index (χ2v) is 7.81. The third-order valence-electron chi connectivity index (χ3n) is 6.02. The molecular weight excluding hydrogens is 312 g/mol. The van der Waals surface area contributed by atoms with Crippen LogP contribution in [0.15, 0.2) is 28.7 Å². The van der Waals surface area contributed by atoms with Crippen molar-refractivity contribution in [1.29, 1.82) is 0 Å². The first-order chi connectivity index (χ1) is 12.3. The van der Waals surface area contributed by atoms with Gasteiger partial charge in [0.1, 0.15) is 5.52 Å². The highest BCUT2D eigenvalue weighted by atomic mass is 16.5. The van der Waals surface area contributed by atoms with Gasteiger partial charge in [0.2, 0.25) is 0 Å². The van der Waals surface area contributed by atoms with Crippen LogP contribution in [0.2, 0.25) is 0 Å². The molecule has 0 unspecified atom stereocenters. The Balaban J connectivity index is 1.23. The fraction of sp³-hybridized carbons (Fsp3) is 0.667. The molecule has 1 aromatic carbocycles. The second-order valence-electron chi connectivity index (χ2n) is 7.81. The van der Waals surface area contributed by atoms with Crippen molar-refractivity contribution in [2.75, 3.05) is 26.2 Å². The highest BCUT2D eigenvalue weighted by Crippen LogP contribution is 2.30. The summed E-state index contributed by atoms with van der Waals surface area (Å²) in [6.45, 7) is 6.52. The molecule has 4 nitrogen and oxygen atoms in total. The molecule has 2 atom stereocenters. The van der Waals surface area contributed by atoms with Crippen LogP contribution < -0.4 is 0 Å². The zero-order valence-electron chi connectivity index (χ0n) is 15.3. The van der Waals surface area contributed by atoms with Gasteiger partial charge in [0.25, 0.3) is 0 Å². The number of aromatic nitrogens is 1. The minimum atomic E-state index is 0.461. The van der Waals surface area contributed by atoms with Gasteiger partial charge in [0.15, 0.2) is 11.5 Å². The van der Waals surface area contributed by atoms with E-state index in [-0.39, 0.29) is 0 Å². The quantitative estimate of drug-likeness (QED) is 0.796. The van der Waals surface area contributed by atoms with E-state index in [1.165, 1.54) is 25.7 Å². The molecule has 2 aliphatic rings. The predicted octanol–water partition coefficient (Wildman–Crippen LogP) is 4.60. The smallest absolute Gasteiger partial charge is 0.198 e. The van der Waals surface area contributed by atoms with Crippen LogP contribution in [-0.2, 0) is 4.74 Å². The van der Waals surface area contributed by atoms with Crippen LogP contribution in [0.3, 0.4) is 0 Å². The van der Waals surface area contributed by atoms with Gasteiger partial charge in [0, 0.05) is 12.5 Å². The maximum absolute atomic E-state index is 6.18. The van der Waals surface area contributed by atoms with Crippen molar-refractivity contribution in [2.24, 2.45) is 5.92 Å². The van der Waals surface area contributed by atoms with E-state index in [1.54, 1.807) is 0 Å². The number of oxazole rings is 1. The van der Waals surface area contributed by atoms with Crippen molar-refractivity contribution in [3.63, 3.8) is 0 Å². The van der Waals surface area contributed by atoms with E-state index in [2.05, 4.69) is 16.8 Å². The summed E-state index contributed by atoms with van der Waals surface area (Å²) in [5, 5.41) is 0. The lowest BCUT2D eigenvalue weighted by Gasteiger charge is -2.32. The molecule has 1 aromatic heterocycles. The van der Waals surface area contributed by atoms with Crippen LogP contribution >= 0.6 is 0 Å². The van der Waals surface area contributed by atoms with E-state index < -0.39 is 0 Å². The molecule has 2 heterocycles. The number of piperidine rings is 1. The number of ether oxygens (including phenoxy) is 1. The Kier molecular flexibility index (Phi) is 5.37. The normalized spacial score (nSPS) is 26.3. The Morgan fingerprint density at radius 3 is 2.72 bits per heavy atom. The third kappa shape index (κ3) is 4.06. The molecule has 2 fully saturated rings. The topological polar surface area (TPSA) is 38.5 Å². The third-order valence-corrected chi connectivity index (χ3v) is 6.02. The number of hydrogen-bond acceptors (Lipinski definition) is 4. The van der Waals surface area contributed by atoms with Gasteiger partial charge in [-0.05, 0) is 56.8 Å². The molecule has 136 valence electrons. The highest BCUT2D eigenvalue weighted by Gasteiger charge is 2.25. The highest BCUT2D eigenvalue weighted by molar-refractivity contribution is 5.72. The van der Waals surface area contributed by atoms with E-state index >= 15 is 0 Å². The summed E-state index contributed by atoms with van der Waals surface area (Å²) in [4.78, 5) is 7.22. The second kappa shape index (κ2) is 7.88. The predicted molar refractivity (Wildman–Crippen MR) is 99.8 cm³/mol. The van der Waals surface area contributed by atoms with Gasteiger partial charge in [-0.1, -0.05) is 31.9 Å². The van der Waals surface area contributed by atoms with E-state index in [9.17, 15) is 0 Å². The van der Waals surface area contributed by atoms with Gasteiger partial charge in [-0.2, -0.15) is 0 Å². The molecule has 0 N–H and O–H groups in total. The van der Waals surface area contributed by atoms with Gasteiger partial charge in [-0.3, -0.25) is 0 Å². The van der Waals surface area contributed by atoms with Crippen molar-refractivity contribution in [3.8, 4) is 0 Å². The van der Waals surface area contributed by atoms with Crippen LogP contribution in [0.1, 0.15) is 57.3 Å². The Morgan fingerprint density at radius 1 is 1.12 bits per heavy atom. The summed E-state index contributed by atoms with van der Waals surface area (Å²) < 4.78 is 12.1. The SMILES string of the molecule is C[C@H]1CCCC[C@H]1OCCN1CCC(c2nc3ccccc3o2)CC1. The van der Waals surface area contributed by atoms with Crippen molar-refractivity contribution < 1.29 is 9.15 Å². The van der Waals surface area contributed by atoms with Crippen LogP contribution in [0.5, 0.6) is 0 Å². The molecular formula is C21H30N2O2. The first-order valence-electron chi connectivity index (χ1n) is 9.99. The summed E-state index contributed by atoms with van der Waals surface area (Å²) in [5.74, 6) is 2.12. The summed E-state index contributed by atoms with van der Waals surface area (Å²) >= 11 is 0. The van der Waals surface area contributed by atoms with Crippen molar-refractivity contribution in [2.45, 2.75) is 57.5 Å². The van der Waals surface area contributed by atoms with Gasteiger partial charge >= 0.3 is 0 Å². The van der Waals surface area contributed by atoms with E-state index in [0.29, 0.717) is 12.0 Å². The fourth-order valence-electron chi connectivity index (χ4n) is 4.33. The molecule has 0 radical (unpaired) electrons. The molecule has 1 saturated carbocycles. The number of nitrogens with zero attached hydrogens (tertiary/aromatic N) is 2. The largest absolute Gasteiger partial charge is 0.440 e. The molecule has 1 aliphatic heterocycles. The monoisotopic (exact) mass is 342 g/mol. The molecule has 1 aliphatic carbocycles. The fourth-order valence-corrected chi connectivity index (χ4v) is 4.33. The average Bonchev–Trinajstić information content (AvgIpc) is 3.08. The van der Waals surface area contributed by atoms with Crippen molar-refractivity contribution in [3.05, 3.63) is 30.2 Å². The lowest BCUT2D eigenvalue weighted by Crippen LogP contribution is -2.37. The zero-order valence-corrected chi connectivity index (χ0v) is 15.3. The van der Waals surface area contributed by atoms with Crippen LogP contribution in [0.25, 0.3) is 11.1 Å². The minimum Gasteiger partial charge on any atom is -0.440 e. The number of rotatable bonds is 5. The first kappa shape index (κ1) is 17.0. The van der Waals surface area contributed by atoms with Gasteiger partial charge < -0.3 is 14.1 Å². The summed E-state index contributed by atoms with van der Waals surface area (Å²) in [5.41, 5.74) is 1.89. The lowest BCUT2D eigenvalue weighted by molar-refractivity contribution is -0.0158. The van der Waals surface area contributed by atoms with E-state index in [0.717, 1.165) is 62.0 Å². The molecule has 0 amide bonds. The maximum Gasteiger partial charge on any atom is 0.198 e. The Morgan fingerprint density at radius 2 is 1.92 bits per heavy atom. The zero-order chi connectivity index (χ0) is 17.1. The summed E-state index contributed by atoms with van der Waals surface area (Å²) in [6.07, 6.45) is 8.06. The number of fused-ring (bicyclic) bond motifs is 1. The summed E-state index contributed by atoms with van der Waals surface area (Å²) in [7, 11) is 0. The van der Waals surface area contributed by atoms with Crippen molar-refractivity contribution >= 4 is 11.1 Å². The van der Waals surface area contributed by atoms with Gasteiger partial charge in [-0.15, -0.1) is 0 Å². The number of hydrogen-bond donors (Lipinski definition) is 0. The molecule has 4 heteroatoms. The lowest BCUT2D eigenvalue weighted by atomic mass is 9.88. The summed E-state index contributed by atoms with van der Waals surface area (Å²) in [6, 6.07) is 8.06. The van der Waals surface area contributed by atoms with Gasteiger partial charge in [0.05, 0.1) is 12.7 Å². The molecule has 4 rings (SSSR count). The van der Waals surface area contributed by atoms with Crippen molar-refractivity contribution in [1.82, 2.24) is 9.88 Å².